The molecule has 0 aliphatic carbocycles. The van der Waals surface area contributed by atoms with Crippen molar-refractivity contribution in [3.05, 3.63) is 119 Å². The average Bonchev–Trinajstić information content (AvgIpc) is 3.40. The number of hydrogen-bond acceptors (Lipinski definition) is 4. The van der Waals surface area contributed by atoms with E-state index in [0.29, 0.717) is 23.7 Å². The SMILES string of the molecule is COc1ccc(CN(C(=O)c2cccc(F)c2)c2ccc(CC(=O)NCc3ccco3)cc2)cc1. The summed E-state index contributed by atoms with van der Waals surface area (Å²) in [7, 11) is 1.59. The van der Waals surface area contributed by atoms with Crippen molar-refractivity contribution in [2.75, 3.05) is 12.0 Å². The minimum absolute atomic E-state index is 0.139. The summed E-state index contributed by atoms with van der Waals surface area (Å²) in [5, 5.41) is 2.81. The van der Waals surface area contributed by atoms with Crippen molar-refractivity contribution >= 4 is 17.5 Å². The van der Waals surface area contributed by atoms with Crippen LogP contribution in [0.3, 0.4) is 0 Å². The molecule has 0 aliphatic rings. The average molecular weight is 473 g/mol. The molecule has 3 aromatic carbocycles. The van der Waals surface area contributed by atoms with Gasteiger partial charge in [0, 0.05) is 11.3 Å². The Labute approximate surface area is 202 Å². The molecule has 1 heterocycles. The van der Waals surface area contributed by atoms with Crippen molar-refractivity contribution in [1.82, 2.24) is 5.32 Å². The molecule has 0 radical (unpaired) electrons. The van der Waals surface area contributed by atoms with Crippen LogP contribution in [-0.4, -0.2) is 18.9 Å². The molecule has 178 valence electrons. The molecule has 4 rings (SSSR count). The van der Waals surface area contributed by atoms with Crippen LogP contribution in [0.25, 0.3) is 0 Å². The Hall–Kier alpha value is -4.39. The first-order valence-corrected chi connectivity index (χ1v) is 11.1. The second-order valence-corrected chi connectivity index (χ2v) is 7.95. The van der Waals surface area contributed by atoms with Crippen molar-refractivity contribution < 1.29 is 23.1 Å². The third kappa shape index (κ3) is 6.35. The van der Waals surface area contributed by atoms with E-state index in [9.17, 15) is 14.0 Å². The van der Waals surface area contributed by atoms with Gasteiger partial charge in [-0.05, 0) is 65.7 Å². The lowest BCUT2D eigenvalue weighted by atomic mass is 10.1. The molecule has 4 aromatic rings. The molecule has 0 spiro atoms. The first kappa shape index (κ1) is 23.8. The Morgan fingerprint density at radius 3 is 2.34 bits per heavy atom. The highest BCUT2D eigenvalue weighted by Crippen LogP contribution is 2.23. The summed E-state index contributed by atoms with van der Waals surface area (Å²) in [6.45, 7) is 0.601. The maximum absolute atomic E-state index is 13.8. The van der Waals surface area contributed by atoms with Crippen LogP contribution < -0.4 is 15.0 Å². The molecular weight excluding hydrogens is 447 g/mol. The van der Waals surface area contributed by atoms with Crippen LogP contribution >= 0.6 is 0 Å². The largest absolute Gasteiger partial charge is 0.497 e. The van der Waals surface area contributed by atoms with E-state index in [2.05, 4.69) is 5.32 Å². The summed E-state index contributed by atoms with van der Waals surface area (Å²) in [5.74, 6) is 0.450. The fraction of sp³-hybridized carbons (Fsp3) is 0.143. The quantitative estimate of drug-likeness (QED) is 0.367. The van der Waals surface area contributed by atoms with Gasteiger partial charge in [0.15, 0.2) is 0 Å². The van der Waals surface area contributed by atoms with Gasteiger partial charge in [-0.3, -0.25) is 9.59 Å². The van der Waals surface area contributed by atoms with Gasteiger partial charge in [-0.15, -0.1) is 0 Å². The first-order chi connectivity index (χ1) is 17.0. The molecule has 0 aliphatic heterocycles. The Bertz CT molecular complexity index is 1270. The van der Waals surface area contributed by atoms with Crippen molar-refractivity contribution in [2.45, 2.75) is 19.5 Å². The molecule has 1 aromatic heterocycles. The number of rotatable bonds is 9. The van der Waals surface area contributed by atoms with E-state index < -0.39 is 5.82 Å². The number of nitrogens with zero attached hydrogens (tertiary/aromatic N) is 1. The fourth-order valence-electron chi connectivity index (χ4n) is 3.61. The number of furan rings is 1. The van der Waals surface area contributed by atoms with E-state index in [1.165, 1.54) is 18.2 Å². The van der Waals surface area contributed by atoms with E-state index in [4.69, 9.17) is 9.15 Å². The van der Waals surface area contributed by atoms with E-state index in [-0.39, 0.29) is 30.3 Å². The molecule has 0 saturated heterocycles. The van der Waals surface area contributed by atoms with Gasteiger partial charge in [-0.2, -0.15) is 0 Å². The zero-order chi connectivity index (χ0) is 24.6. The van der Waals surface area contributed by atoms with Crippen molar-refractivity contribution in [2.24, 2.45) is 0 Å². The summed E-state index contributed by atoms with van der Waals surface area (Å²) >= 11 is 0. The molecule has 35 heavy (non-hydrogen) atoms. The monoisotopic (exact) mass is 472 g/mol. The molecule has 1 N–H and O–H groups in total. The van der Waals surface area contributed by atoms with E-state index >= 15 is 0 Å². The van der Waals surface area contributed by atoms with E-state index in [1.54, 1.807) is 48.6 Å². The highest BCUT2D eigenvalue weighted by molar-refractivity contribution is 6.06. The normalized spacial score (nSPS) is 10.6. The zero-order valence-electron chi connectivity index (χ0n) is 19.2. The number of nitrogens with one attached hydrogen (secondary N) is 1. The van der Waals surface area contributed by atoms with Gasteiger partial charge in [0.1, 0.15) is 17.3 Å². The van der Waals surface area contributed by atoms with Crippen molar-refractivity contribution in [3.63, 3.8) is 0 Å². The molecule has 0 saturated carbocycles. The number of benzene rings is 3. The predicted molar refractivity (Wildman–Crippen MR) is 131 cm³/mol. The molecule has 0 unspecified atom stereocenters. The van der Waals surface area contributed by atoms with Gasteiger partial charge in [0.2, 0.25) is 5.91 Å². The number of ether oxygens (including phenoxy) is 1. The van der Waals surface area contributed by atoms with Crippen LogP contribution in [0.4, 0.5) is 10.1 Å². The van der Waals surface area contributed by atoms with Gasteiger partial charge < -0.3 is 19.4 Å². The predicted octanol–water partition coefficient (Wildman–Crippen LogP) is 5.13. The van der Waals surface area contributed by atoms with Crippen LogP contribution in [0.5, 0.6) is 5.75 Å². The van der Waals surface area contributed by atoms with Crippen molar-refractivity contribution in [3.8, 4) is 5.75 Å². The Balaban J connectivity index is 1.51. The van der Waals surface area contributed by atoms with E-state index in [0.717, 1.165) is 11.1 Å². The number of methoxy groups -OCH3 is 1. The molecular formula is C28H25FN2O4. The number of carbonyl (C=O) groups excluding carboxylic acids is 2. The second kappa shape index (κ2) is 11.2. The summed E-state index contributed by atoms with van der Waals surface area (Å²) in [4.78, 5) is 27.2. The summed E-state index contributed by atoms with van der Waals surface area (Å²) in [5.41, 5.74) is 2.57. The molecule has 6 nitrogen and oxygen atoms in total. The van der Waals surface area contributed by atoms with Crippen LogP contribution in [0.2, 0.25) is 0 Å². The third-order valence-corrected chi connectivity index (χ3v) is 5.47. The van der Waals surface area contributed by atoms with Gasteiger partial charge in [0.25, 0.3) is 5.91 Å². The van der Waals surface area contributed by atoms with E-state index in [1.807, 2.05) is 36.4 Å². The van der Waals surface area contributed by atoms with Crippen LogP contribution in [0.15, 0.2) is 95.6 Å². The summed E-state index contributed by atoms with van der Waals surface area (Å²) in [6, 6.07) is 23.8. The van der Waals surface area contributed by atoms with Crippen LogP contribution in [0.1, 0.15) is 27.2 Å². The lowest BCUT2D eigenvalue weighted by molar-refractivity contribution is -0.120. The topological polar surface area (TPSA) is 71.8 Å². The molecule has 7 heteroatoms. The van der Waals surface area contributed by atoms with Gasteiger partial charge in [-0.25, -0.2) is 4.39 Å². The second-order valence-electron chi connectivity index (χ2n) is 7.95. The van der Waals surface area contributed by atoms with Crippen LogP contribution in [-0.2, 0) is 24.3 Å². The smallest absolute Gasteiger partial charge is 0.258 e. The number of amides is 2. The van der Waals surface area contributed by atoms with Gasteiger partial charge in [0.05, 0.1) is 32.9 Å². The van der Waals surface area contributed by atoms with Gasteiger partial charge >= 0.3 is 0 Å². The number of hydrogen-bond donors (Lipinski definition) is 1. The molecule has 0 bridgehead atoms. The number of carbonyl (C=O) groups is 2. The maximum atomic E-state index is 13.8. The van der Waals surface area contributed by atoms with Crippen LogP contribution in [0, 0.1) is 5.82 Å². The minimum Gasteiger partial charge on any atom is -0.497 e. The number of anilines is 1. The van der Waals surface area contributed by atoms with Crippen molar-refractivity contribution in [1.29, 1.82) is 0 Å². The summed E-state index contributed by atoms with van der Waals surface area (Å²) < 4.78 is 24.2. The third-order valence-electron chi connectivity index (χ3n) is 5.47. The number of halogens is 1. The Morgan fingerprint density at radius 2 is 1.69 bits per heavy atom. The Morgan fingerprint density at radius 1 is 0.943 bits per heavy atom. The lowest BCUT2D eigenvalue weighted by Gasteiger charge is -2.24. The highest BCUT2D eigenvalue weighted by Gasteiger charge is 2.19. The standard InChI is InChI=1S/C28H25FN2O4/c1-34-25-13-9-21(10-14-25)19-31(28(33)22-4-2-5-23(29)17-22)24-11-7-20(8-12-24)16-27(32)30-18-26-6-3-15-35-26/h2-15,17H,16,18-19H2,1H3,(H,30,32). The minimum atomic E-state index is -0.476. The summed E-state index contributed by atoms with van der Waals surface area (Å²) in [6.07, 6.45) is 1.75. The fourth-order valence-corrected chi connectivity index (χ4v) is 3.61. The van der Waals surface area contributed by atoms with Gasteiger partial charge in [-0.1, -0.05) is 30.3 Å². The molecule has 2 amide bonds. The Kier molecular flexibility index (Phi) is 7.57. The zero-order valence-corrected chi connectivity index (χ0v) is 19.2. The maximum Gasteiger partial charge on any atom is 0.258 e. The molecule has 0 fully saturated rings. The molecule has 0 atom stereocenters. The highest BCUT2D eigenvalue weighted by atomic mass is 19.1. The lowest BCUT2D eigenvalue weighted by Crippen LogP contribution is -2.30. The first-order valence-electron chi connectivity index (χ1n) is 11.1.